The number of halogens is 4. The first-order valence-electron chi connectivity index (χ1n) is 6.66. The van der Waals surface area contributed by atoms with Crippen LogP contribution in [-0.2, 0) is 6.54 Å². The molecule has 0 aromatic carbocycles. The normalized spacial score (nSPS) is 12.5. The molecular formula is C14H20ClF3N2O. The number of nitrogens with one attached hydrogen (secondary N) is 1. The molecule has 0 aliphatic heterocycles. The monoisotopic (exact) mass is 324 g/mol. The average molecular weight is 325 g/mol. The largest absolute Gasteiger partial charge is 0.478 e. The summed E-state index contributed by atoms with van der Waals surface area (Å²) in [4.78, 5) is 3.95. The molecule has 1 aromatic heterocycles. The summed E-state index contributed by atoms with van der Waals surface area (Å²) in [5, 5.41) is 3.77. The van der Waals surface area contributed by atoms with Crippen LogP contribution in [0.15, 0.2) is 12.3 Å². The lowest BCUT2D eigenvalue weighted by Gasteiger charge is -2.21. The van der Waals surface area contributed by atoms with Crippen molar-refractivity contribution in [3.8, 4) is 5.88 Å². The van der Waals surface area contributed by atoms with Gasteiger partial charge in [0.25, 0.3) is 0 Å². The zero-order valence-corrected chi connectivity index (χ0v) is 13.1. The Morgan fingerprint density at radius 1 is 1.29 bits per heavy atom. The molecule has 21 heavy (non-hydrogen) atoms. The van der Waals surface area contributed by atoms with E-state index in [1.807, 2.05) is 20.8 Å². The van der Waals surface area contributed by atoms with Gasteiger partial charge in [-0.15, -0.1) is 0 Å². The second-order valence-electron chi connectivity index (χ2n) is 5.78. The topological polar surface area (TPSA) is 34.1 Å². The van der Waals surface area contributed by atoms with Crippen molar-refractivity contribution < 1.29 is 17.9 Å². The van der Waals surface area contributed by atoms with Gasteiger partial charge in [-0.2, -0.15) is 13.2 Å². The van der Waals surface area contributed by atoms with Crippen LogP contribution < -0.4 is 10.1 Å². The highest BCUT2D eigenvalue weighted by Gasteiger charge is 2.26. The minimum absolute atomic E-state index is 0.0275. The van der Waals surface area contributed by atoms with Crippen LogP contribution >= 0.6 is 11.6 Å². The first-order valence-corrected chi connectivity index (χ1v) is 7.04. The molecule has 0 aliphatic rings. The van der Waals surface area contributed by atoms with Crippen LogP contribution in [0.1, 0.15) is 39.2 Å². The van der Waals surface area contributed by atoms with Crippen LogP contribution in [0.2, 0.25) is 5.02 Å². The van der Waals surface area contributed by atoms with Crippen LogP contribution in [-0.4, -0.2) is 23.3 Å². The van der Waals surface area contributed by atoms with Crippen molar-refractivity contribution in [2.45, 2.75) is 51.9 Å². The molecule has 1 N–H and O–H groups in total. The molecule has 0 amide bonds. The maximum absolute atomic E-state index is 12.0. The number of rotatable bonds is 6. The molecule has 0 aliphatic carbocycles. The average Bonchev–Trinajstić information content (AvgIpc) is 2.32. The molecule has 0 saturated carbocycles. The standard InChI is InChI=1S/C14H20ClF3N2O/c1-13(2,3)20-8-10-7-12(19-9-11(10)15)21-6-4-5-14(16,17)18/h7,9,20H,4-6,8H2,1-3H3. The Bertz CT molecular complexity index is 459. The lowest BCUT2D eigenvalue weighted by molar-refractivity contribution is -0.136. The van der Waals surface area contributed by atoms with Crippen LogP contribution in [0.4, 0.5) is 13.2 Å². The molecule has 0 fully saturated rings. The van der Waals surface area contributed by atoms with Gasteiger partial charge in [-0.1, -0.05) is 11.6 Å². The number of hydrogen-bond donors (Lipinski definition) is 1. The molecule has 0 radical (unpaired) electrons. The van der Waals surface area contributed by atoms with Crippen molar-refractivity contribution in [2.24, 2.45) is 0 Å². The van der Waals surface area contributed by atoms with Gasteiger partial charge in [0.2, 0.25) is 5.88 Å². The Balaban J connectivity index is 2.53. The van der Waals surface area contributed by atoms with E-state index in [0.29, 0.717) is 11.6 Å². The van der Waals surface area contributed by atoms with Gasteiger partial charge in [0.15, 0.2) is 0 Å². The predicted octanol–water partition coefficient (Wildman–Crippen LogP) is 4.34. The van der Waals surface area contributed by atoms with Crippen molar-refractivity contribution in [1.29, 1.82) is 0 Å². The highest BCUT2D eigenvalue weighted by atomic mass is 35.5. The maximum Gasteiger partial charge on any atom is 0.389 e. The number of ether oxygens (including phenoxy) is 1. The van der Waals surface area contributed by atoms with E-state index >= 15 is 0 Å². The third-order valence-corrected chi connectivity index (χ3v) is 2.91. The van der Waals surface area contributed by atoms with Crippen molar-refractivity contribution in [1.82, 2.24) is 10.3 Å². The van der Waals surface area contributed by atoms with Gasteiger partial charge in [-0.05, 0) is 32.8 Å². The van der Waals surface area contributed by atoms with Crippen LogP contribution in [0.3, 0.4) is 0 Å². The van der Waals surface area contributed by atoms with Crippen molar-refractivity contribution in [2.75, 3.05) is 6.61 Å². The second-order valence-corrected chi connectivity index (χ2v) is 6.19. The number of aromatic nitrogens is 1. The summed E-state index contributed by atoms with van der Waals surface area (Å²) in [6, 6.07) is 1.65. The molecule has 0 atom stereocenters. The van der Waals surface area contributed by atoms with E-state index in [2.05, 4.69) is 10.3 Å². The van der Waals surface area contributed by atoms with Gasteiger partial charge in [0.1, 0.15) is 0 Å². The fraction of sp³-hybridized carbons (Fsp3) is 0.643. The summed E-state index contributed by atoms with van der Waals surface area (Å²) in [6.45, 7) is 6.58. The Hall–Kier alpha value is -1.01. The lowest BCUT2D eigenvalue weighted by Crippen LogP contribution is -2.35. The fourth-order valence-electron chi connectivity index (χ4n) is 1.48. The smallest absolute Gasteiger partial charge is 0.389 e. The molecule has 0 unspecified atom stereocenters. The number of alkyl halides is 3. The molecular weight excluding hydrogens is 305 g/mol. The number of nitrogens with zero attached hydrogens (tertiary/aromatic N) is 1. The van der Waals surface area contributed by atoms with E-state index in [-0.39, 0.29) is 24.4 Å². The minimum atomic E-state index is -4.15. The Kier molecular flexibility index (Phi) is 6.28. The first kappa shape index (κ1) is 18.0. The van der Waals surface area contributed by atoms with Crippen LogP contribution in [0.5, 0.6) is 5.88 Å². The summed E-state index contributed by atoms with van der Waals surface area (Å²) in [6.07, 6.45) is -3.67. The summed E-state index contributed by atoms with van der Waals surface area (Å²) in [7, 11) is 0. The van der Waals surface area contributed by atoms with E-state index in [4.69, 9.17) is 16.3 Å². The third-order valence-electron chi connectivity index (χ3n) is 2.57. The zero-order chi connectivity index (χ0) is 16.1. The predicted molar refractivity (Wildman–Crippen MR) is 76.6 cm³/mol. The Morgan fingerprint density at radius 3 is 2.52 bits per heavy atom. The summed E-state index contributed by atoms with van der Waals surface area (Å²) in [5.41, 5.74) is 0.729. The molecule has 1 aromatic rings. The van der Waals surface area contributed by atoms with Crippen LogP contribution in [0.25, 0.3) is 0 Å². The highest BCUT2D eigenvalue weighted by molar-refractivity contribution is 6.31. The molecule has 1 rings (SSSR count). The van der Waals surface area contributed by atoms with Gasteiger partial charge in [-0.25, -0.2) is 4.98 Å². The van der Waals surface area contributed by atoms with Gasteiger partial charge in [0, 0.05) is 30.8 Å². The third kappa shape index (κ3) is 8.12. The summed E-state index contributed by atoms with van der Waals surface area (Å²) < 4.78 is 41.3. The molecule has 0 saturated heterocycles. The van der Waals surface area contributed by atoms with E-state index in [9.17, 15) is 13.2 Å². The van der Waals surface area contributed by atoms with Crippen molar-refractivity contribution in [3.63, 3.8) is 0 Å². The quantitative estimate of drug-likeness (QED) is 0.790. The van der Waals surface area contributed by atoms with Gasteiger partial charge in [-0.3, -0.25) is 0 Å². The maximum atomic E-state index is 12.0. The van der Waals surface area contributed by atoms with E-state index < -0.39 is 12.6 Å². The SMILES string of the molecule is CC(C)(C)NCc1cc(OCCCC(F)(F)F)ncc1Cl. The van der Waals surface area contributed by atoms with Gasteiger partial charge < -0.3 is 10.1 Å². The first-order chi connectivity index (χ1) is 9.57. The van der Waals surface area contributed by atoms with E-state index in [1.54, 1.807) is 6.07 Å². The number of hydrogen-bond acceptors (Lipinski definition) is 3. The molecule has 0 bridgehead atoms. The summed E-state index contributed by atoms with van der Waals surface area (Å²) in [5.74, 6) is 0.285. The lowest BCUT2D eigenvalue weighted by atomic mass is 10.1. The highest BCUT2D eigenvalue weighted by Crippen LogP contribution is 2.23. The Labute approximate surface area is 127 Å². The number of pyridine rings is 1. The molecule has 7 heteroatoms. The summed E-state index contributed by atoms with van der Waals surface area (Å²) >= 11 is 6.04. The van der Waals surface area contributed by atoms with Crippen molar-refractivity contribution >= 4 is 11.6 Å². The van der Waals surface area contributed by atoms with Gasteiger partial charge >= 0.3 is 6.18 Å². The fourth-order valence-corrected chi connectivity index (χ4v) is 1.65. The van der Waals surface area contributed by atoms with E-state index in [1.165, 1.54) is 6.20 Å². The molecule has 0 spiro atoms. The van der Waals surface area contributed by atoms with E-state index in [0.717, 1.165) is 5.56 Å². The molecule has 120 valence electrons. The van der Waals surface area contributed by atoms with Crippen LogP contribution in [0, 0.1) is 0 Å². The Morgan fingerprint density at radius 2 is 1.95 bits per heavy atom. The zero-order valence-electron chi connectivity index (χ0n) is 12.4. The minimum Gasteiger partial charge on any atom is -0.478 e. The molecule has 1 heterocycles. The molecule has 3 nitrogen and oxygen atoms in total. The van der Waals surface area contributed by atoms with Gasteiger partial charge in [0.05, 0.1) is 11.6 Å². The van der Waals surface area contributed by atoms with Crippen molar-refractivity contribution in [3.05, 3.63) is 22.8 Å². The second kappa shape index (κ2) is 7.31.